The molecule has 0 aliphatic heterocycles. The highest BCUT2D eigenvalue weighted by molar-refractivity contribution is 5.79. The van der Waals surface area contributed by atoms with Crippen molar-refractivity contribution in [3.05, 3.63) is 35.6 Å². The molecule has 0 bridgehead atoms. The molecular formula is C14H18FNO3. The van der Waals surface area contributed by atoms with Gasteiger partial charge in [0.1, 0.15) is 5.82 Å². The number of halogens is 1. The molecule has 0 spiro atoms. The molecule has 1 rings (SSSR count). The van der Waals surface area contributed by atoms with Gasteiger partial charge >= 0.3 is 5.97 Å². The number of amides is 1. The molecule has 1 unspecified atom stereocenters. The molecular weight excluding hydrogens is 249 g/mol. The summed E-state index contributed by atoms with van der Waals surface area (Å²) in [6.45, 7) is 3.70. The fraction of sp³-hybridized carbons (Fsp3) is 0.429. The number of carbonyl (C=O) groups is 2. The van der Waals surface area contributed by atoms with Crippen LogP contribution in [0.2, 0.25) is 0 Å². The fourth-order valence-electron chi connectivity index (χ4n) is 1.68. The summed E-state index contributed by atoms with van der Waals surface area (Å²) < 4.78 is 12.7. The summed E-state index contributed by atoms with van der Waals surface area (Å²) in [4.78, 5) is 22.6. The average molecular weight is 267 g/mol. The van der Waals surface area contributed by atoms with Gasteiger partial charge < -0.3 is 10.4 Å². The van der Waals surface area contributed by atoms with E-state index in [4.69, 9.17) is 5.11 Å². The zero-order valence-corrected chi connectivity index (χ0v) is 11.0. The average Bonchev–Trinajstić information content (AvgIpc) is 2.31. The molecule has 2 N–H and O–H groups in total. The molecule has 4 nitrogen and oxygen atoms in total. The highest BCUT2D eigenvalue weighted by Gasteiger charge is 2.21. The lowest BCUT2D eigenvalue weighted by Gasteiger charge is -2.16. The predicted octanol–water partition coefficient (Wildman–Crippen LogP) is 1.84. The number of nitrogens with one attached hydrogen (secondary N) is 1. The lowest BCUT2D eigenvalue weighted by molar-refractivity contribution is -0.143. The van der Waals surface area contributed by atoms with Crippen LogP contribution in [-0.4, -0.2) is 23.5 Å². The molecule has 1 aromatic rings. The molecule has 0 saturated heterocycles. The second-order valence-corrected chi connectivity index (χ2v) is 4.80. The van der Waals surface area contributed by atoms with Crippen molar-refractivity contribution >= 4 is 11.9 Å². The first-order chi connectivity index (χ1) is 8.90. The van der Waals surface area contributed by atoms with Crippen molar-refractivity contribution in [3.63, 3.8) is 0 Å². The molecule has 5 heteroatoms. The SMILES string of the molecule is CC(C)C(CNC(=O)Cc1ccc(F)cc1)C(=O)O. The van der Waals surface area contributed by atoms with Gasteiger partial charge in [0.05, 0.1) is 12.3 Å². The monoisotopic (exact) mass is 267 g/mol. The molecule has 0 aliphatic carbocycles. The third-order valence-corrected chi connectivity index (χ3v) is 2.92. The van der Waals surface area contributed by atoms with E-state index in [-0.39, 0.29) is 30.6 Å². The second kappa shape index (κ2) is 6.87. The molecule has 0 heterocycles. The lowest BCUT2D eigenvalue weighted by Crippen LogP contribution is -2.36. The minimum absolute atomic E-state index is 0.0522. The molecule has 1 atom stereocenters. The molecule has 1 aromatic carbocycles. The molecule has 0 aliphatic rings. The Morgan fingerprint density at radius 2 is 1.84 bits per heavy atom. The summed E-state index contributed by atoms with van der Waals surface area (Å²) in [5, 5.41) is 11.6. The molecule has 19 heavy (non-hydrogen) atoms. The van der Waals surface area contributed by atoms with E-state index in [1.165, 1.54) is 24.3 Å². The number of rotatable bonds is 6. The van der Waals surface area contributed by atoms with Gasteiger partial charge in [-0.3, -0.25) is 9.59 Å². The van der Waals surface area contributed by atoms with E-state index in [0.29, 0.717) is 5.56 Å². The van der Waals surface area contributed by atoms with Gasteiger partial charge in [0.15, 0.2) is 0 Å². The minimum atomic E-state index is -0.919. The Hall–Kier alpha value is -1.91. The smallest absolute Gasteiger partial charge is 0.308 e. The maximum absolute atomic E-state index is 12.7. The van der Waals surface area contributed by atoms with Crippen LogP contribution in [-0.2, 0) is 16.0 Å². The highest BCUT2D eigenvalue weighted by atomic mass is 19.1. The minimum Gasteiger partial charge on any atom is -0.481 e. The number of benzene rings is 1. The second-order valence-electron chi connectivity index (χ2n) is 4.80. The summed E-state index contributed by atoms with van der Waals surface area (Å²) >= 11 is 0. The number of hydrogen-bond acceptors (Lipinski definition) is 2. The van der Waals surface area contributed by atoms with Gasteiger partial charge in [-0.2, -0.15) is 0 Å². The van der Waals surface area contributed by atoms with Gasteiger partial charge in [-0.15, -0.1) is 0 Å². The van der Waals surface area contributed by atoms with Crippen LogP contribution in [0.3, 0.4) is 0 Å². The van der Waals surface area contributed by atoms with Crippen molar-refractivity contribution in [2.24, 2.45) is 11.8 Å². The topological polar surface area (TPSA) is 66.4 Å². The number of carboxylic acids is 1. The third kappa shape index (κ3) is 5.07. The molecule has 0 fully saturated rings. The van der Waals surface area contributed by atoms with E-state index in [2.05, 4.69) is 5.32 Å². The Kier molecular flexibility index (Phi) is 5.48. The van der Waals surface area contributed by atoms with E-state index >= 15 is 0 Å². The zero-order chi connectivity index (χ0) is 14.4. The fourth-order valence-corrected chi connectivity index (χ4v) is 1.68. The third-order valence-electron chi connectivity index (χ3n) is 2.92. The predicted molar refractivity (Wildman–Crippen MR) is 69.1 cm³/mol. The van der Waals surface area contributed by atoms with Crippen molar-refractivity contribution < 1.29 is 19.1 Å². The largest absolute Gasteiger partial charge is 0.481 e. The van der Waals surface area contributed by atoms with Gasteiger partial charge in [0.2, 0.25) is 5.91 Å². The van der Waals surface area contributed by atoms with E-state index in [9.17, 15) is 14.0 Å². The first kappa shape index (κ1) is 15.1. The van der Waals surface area contributed by atoms with Crippen molar-refractivity contribution in [1.82, 2.24) is 5.32 Å². The van der Waals surface area contributed by atoms with E-state index in [1.54, 1.807) is 13.8 Å². The first-order valence-electron chi connectivity index (χ1n) is 6.14. The Morgan fingerprint density at radius 1 is 1.26 bits per heavy atom. The van der Waals surface area contributed by atoms with Gasteiger partial charge in [-0.1, -0.05) is 26.0 Å². The van der Waals surface area contributed by atoms with Crippen LogP contribution >= 0.6 is 0 Å². The Morgan fingerprint density at radius 3 is 2.32 bits per heavy atom. The molecule has 0 aromatic heterocycles. The van der Waals surface area contributed by atoms with Crippen molar-refractivity contribution in [3.8, 4) is 0 Å². The van der Waals surface area contributed by atoms with Crippen molar-refractivity contribution in [2.45, 2.75) is 20.3 Å². The Labute approximate surface area is 111 Å². The summed E-state index contributed by atoms with van der Waals surface area (Å²) in [6, 6.07) is 5.64. The van der Waals surface area contributed by atoms with Crippen LogP contribution in [0.1, 0.15) is 19.4 Å². The summed E-state index contributed by atoms with van der Waals surface area (Å²) in [7, 11) is 0. The van der Waals surface area contributed by atoms with Gasteiger partial charge in [0, 0.05) is 6.54 Å². The summed E-state index contributed by atoms with van der Waals surface area (Å²) in [6.07, 6.45) is 0.116. The molecule has 1 amide bonds. The van der Waals surface area contributed by atoms with E-state index in [1.807, 2.05) is 0 Å². The Bertz CT molecular complexity index is 443. The van der Waals surface area contributed by atoms with Crippen LogP contribution in [0.5, 0.6) is 0 Å². The standard InChI is InChI=1S/C14H18FNO3/c1-9(2)12(14(18)19)8-16-13(17)7-10-3-5-11(15)6-4-10/h3-6,9,12H,7-8H2,1-2H3,(H,16,17)(H,18,19). The van der Waals surface area contributed by atoms with Crippen LogP contribution < -0.4 is 5.32 Å². The van der Waals surface area contributed by atoms with Gasteiger partial charge in [-0.05, 0) is 23.6 Å². The van der Waals surface area contributed by atoms with Crippen molar-refractivity contribution in [2.75, 3.05) is 6.54 Å². The molecule has 104 valence electrons. The number of carbonyl (C=O) groups excluding carboxylic acids is 1. The maximum atomic E-state index is 12.7. The zero-order valence-electron chi connectivity index (χ0n) is 11.0. The van der Waals surface area contributed by atoms with Crippen LogP contribution in [0.25, 0.3) is 0 Å². The summed E-state index contributed by atoms with van der Waals surface area (Å²) in [5.74, 6) is -2.19. The van der Waals surface area contributed by atoms with E-state index in [0.717, 1.165) is 0 Å². The van der Waals surface area contributed by atoms with Crippen LogP contribution in [0.4, 0.5) is 4.39 Å². The maximum Gasteiger partial charge on any atom is 0.308 e. The van der Waals surface area contributed by atoms with Crippen molar-refractivity contribution in [1.29, 1.82) is 0 Å². The molecule has 0 radical (unpaired) electrons. The summed E-state index contributed by atoms with van der Waals surface area (Å²) in [5.41, 5.74) is 0.690. The Balaban J connectivity index is 2.47. The van der Waals surface area contributed by atoms with Gasteiger partial charge in [-0.25, -0.2) is 4.39 Å². The van der Waals surface area contributed by atoms with Crippen LogP contribution in [0.15, 0.2) is 24.3 Å². The normalized spacial score (nSPS) is 12.2. The lowest BCUT2D eigenvalue weighted by atomic mass is 9.96. The number of aliphatic carboxylic acids is 1. The number of carboxylic acid groups (broad SMARTS) is 1. The number of hydrogen-bond donors (Lipinski definition) is 2. The van der Waals surface area contributed by atoms with Gasteiger partial charge in [0.25, 0.3) is 0 Å². The van der Waals surface area contributed by atoms with Crippen LogP contribution in [0, 0.1) is 17.7 Å². The highest BCUT2D eigenvalue weighted by Crippen LogP contribution is 2.10. The first-order valence-corrected chi connectivity index (χ1v) is 6.14. The van der Waals surface area contributed by atoms with E-state index < -0.39 is 11.9 Å². The quantitative estimate of drug-likeness (QED) is 0.826. The molecule has 0 saturated carbocycles.